The SMILES string of the molecule is Cc1nc(Cc2cccc(Br)c2)sc1CNC(C)C. The summed E-state index contributed by atoms with van der Waals surface area (Å²) >= 11 is 5.32. The van der Waals surface area contributed by atoms with Gasteiger partial charge in [0.1, 0.15) is 0 Å². The van der Waals surface area contributed by atoms with Crippen molar-refractivity contribution in [1.82, 2.24) is 10.3 Å². The zero-order chi connectivity index (χ0) is 13.8. The third kappa shape index (κ3) is 4.41. The molecule has 0 unspecified atom stereocenters. The highest BCUT2D eigenvalue weighted by atomic mass is 79.9. The van der Waals surface area contributed by atoms with E-state index in [0.29, 0.717) is 6.04 Å². The summed E-state index contributed by atoms with van der Waals surface area (Å²) in [4.78, 5) is 6.02. The zero-order valence-electron chi connectivity index (χ0n) is 11.5. The molecular weight excluding hydrogens is 320 g/mol. The maximum Gasteiger partial charge on any atom is 0.0975 e. The van der Waals surface area contributed by atoms with Crippen LogP contribution in [0.1, 0.15) is 35.0 Å². The number of aromatic nitrogens is 1. The lowest BCUT2D eigenvalue weighted by Crippen LogP contribution is -2.21. The minimum atomic E-state index is 0.509. The first-order chi connectivity index (χ1) is 9.04. The smallest absolute Gasteiger partial charge is 0.0975 e. The van der Waals surface area contributed by atoms with Gasteiger partial charge in [0.15, 0.2) is 0 Å². The van der Waals surface area contributed by atoms with E-state index in [1.54, 1.807) is 0 Å². The van der Waals surface area contributed by atoms with Gasteiger partial charge in [-0.15, -0.1) is 11.3 Å². The molecule has 0 bridgehead atoms. The fourth-order valence-corrected chi connectivity index (χ4v) is 3.35. The molecule has 0 amide bonds. The number of rotatable bonds is 5. The van der Waals surface area contributed by atoms with Crippen LogP contribution in [0.5, 0.6) is 0 Å². The van der Waals surface area contributed by atoms with Gasteiger partial charge in [-0.1, -0.05) is 41.9 Å². The van der Waals surface area contributed by atoms with Gasteiger partial charge < -0.3 is 5.32 Å². The highest BCUT2D eigenvalue weighted by molar-refractivity contribution is 9.10. The molecule has 0 saturated carbocycles. The Hall–Kier alpha value is -0.710. The van der Waals surface area contributed by atoms with Crippen LogP contribution < -0.4 is 5.32 Å². The van der Waals surface area contributed by atoms with Crippen molar-refractivity contribution in [3.05, 3.63) is 49.9 Å². The van der Waals surface area contributed by atoms with E-state index >= 15 is 0 Å². The van der Waals surface area contributed by atoms with Crippen LogP contribution in [0.25, 0.3) is 0 Å². The molecule has 2 nitrogen and oxygen atoms in total. The molecule has 1 heterocycles. The van der Waals surface area contributed by atoms with Crippen molar-refractivity contribution in [1.29, 1.82) is 0 Å². The molecular formula is C15H19BrN2S. The first-order valence-electron chi connectivity index (χ1n) is 6.47. The van der Waals surface area contributed by atoms with Gasteiger partial charge >= 0.3 is 0 Å². The van der Waals surface area contributed by atoms with Crippen LogP contribution in [0.3, 0.4) is 0 Å². The summed E-state index contributed by atoms with van der Waals surface area (Å²) in [5.74, 6) is 0. The molecule has 1 N–H and O–H groups in total. The second kappa shape index (κ2) is 6.64. The first kappa shape index (κ1) is 14.7. The highest BCUT2D eigenvalue weighted by Crippen LogP contribution is 2.22. The fourth-order valence-electron chi connectivity index (χ4n) is 1.85. The van der Waals surface area contributed by atoms with E-state index in [-0.39, 0.29) is 0 Å². The monoisotopic (exact) mass is 338 g/mol. The summed E-state index contributed by atoms with van der Waals surface area (Å²) in [6, 6.07) is 8.93. The van der Waals surface area contributed by atoms with Gasteiger partial charge in [-0.05, 0) is 24.6 Å². The molecule has 0 radical (unpaired) electrons. The van der Waals surface area contributed by atoms with E-state index < -0.39 is 0 Å². The van der Waals surface area contributed by atoms with Gasteiger partial charge in [0.25, 0.3) is 0 Å². The summed E-state index contributed by atoms with van der Waals surface area (Å²) in [6.07, 6.45) is 0.909. The molecule has 19 heavy (non-hydrogen) atoms. The van der Waals surface area contributed by atoms with Crippen LogP contribution in [-0.4, -0.2) is 11.0 Å². The van der Waals surface area contributed by atoms with Crippen molar-refractivity contribution >= 4 is 27.3 Å². The zero-order valence-corrected chi connectivity index (χ0v) is 13.9. The standard InChI is InChI=1S/C15H19BrN2S/c1-10(2)17-9-14-11(3)18-15(19-14)8-12-5-4-6-13(16)7-12/h4-7,10,17H,8-9H2,1-3H3. The Morgan fingerprint density at radius 2 is 2.16 bits per heavy atom. The maximum absolute atomic E-state index is 4.68. The number of nitrogens with one attached hydrogen (secondary N) is 1. The molecule has 0 atom stereocenters. The molecule has 1 aromatic heterocycles. The van der Waals surface area contributed by atoms with E-state index in [1.807, 2.05) is 11.3 Å². The Labute approximate surface area is 127 Å². The van der Waals surface area contributed by atoms with Gasteiger partial charge in [-0.25, -0.2) is 4.98 Å². The molecule has 0 aliphatic rings. The lowest BCUT2D eigenvalue weighted by atomic mass is 10.2. The number of thiazole rings is 1. The topological polar surface area (TPSA) is 24.9 Å². The van der Waals surface area contributed by atoms with Crippen molar-refractivity contribution < 1.29 is 0 Å². The third-order valence-corrected chi connectivity index (χ3v) is 4.50. The predicted molar refractivity (Wildman–Crippen MR) is 85.8 cm³/mol. The maximum atomic E-state index is 4.68. The van der Waals surface area contributed by atoms with Crippen LogP contribution in [0.15, 0.2) is 28.7 Å². The lowest BCUT2D eigenvalue weighted by Gasteiger charge is -2.05. The number of hydrogen-bond acceptors (Lipinski definition) is 3. The average molecular weight is 339 g/mol. The number of hydrogen-bond donors (Lipinski definition) is 1. The summed E-state index contributed by atoms with van der Waals surface area (Å²) in [5.41, 5.74) is 2.45. The van der Waals surface area contributed by atoms with Crippen LogP contribution in [0.4, 0.5) is 0 Å². The van der Waals surface area contributed by atoms with Gasteiger partial charge in [0.05, 0.1) is 10.7 Å². The largest absolute Gasteiger partial charge is 0.310 e. The van der Waals surface area contributed by atoms with Crippen molar-refractivity contribution in [2.24, 2.45) is 0 Å². The summed E-state index contributed by atoms with van der Waals surface area (Å²) < 4.78 is 1.12. The van der Waals surface area contributed by atoms with Gasteiger partial charge in [-0.2, -0.15) is 0 Å². The fraction of sp³-hybridized carbons (Fsp3) is 0.400. The quantitative estimate of drug-likeness (QED) is 0.878. The van der Waals surface area contributed by atoms with Crippen molar-refractivity contribution in [2.45, 2.75) is 39.8 Å². The molecule has 0 aliphatic heterocycles. The van der Waals surface area contributed by atoms with Crippen LogP contribution in [-0.2, 0) is 13.0 Å². The third-order valence-electron chi connectivity index (χ3n) is 2.85. The van der Waals surface area contributed by atoms with Crippen molar-refractivity contribution in [2.75, 3.05) is 0 Å². The van der Waals surface area contributed by atoms with Gasteiger partial charge in [0.2, 0.25) is 0 Å². The minimum Gasteiger partial charge on any atom is -0.310 e. The molecule has 1 aromatic carbocycles. The molecule has 0 fully saturated rings. The van der Waals surface area contributed by atoms with E-state index in [0.717, 1.165) is 23.1 Å². The van der Waals surface area contributed by atoms with Gasteiger partial charge in [0, 0.05) is 28.4 Å². The molecule has 102 valence electrons. The Balaban J connectivity index is 2.07. The normalized spacial score (nSPS) is 11.2. The summed E-state index contributed by atoms with van der Waals surface area (Å²) in [7, 11) is 0. The molecule has 4 heteroatoms. The van der Waals surface area contributed by atoms with Gasteiger partial charge in [-0.3, -0.25) is 0 Å². The van der Waals surface area contributed by atoms with E-state index in [9.17, 15) is 0 Å². The molecule has 2 rings (SSSR count). The molecule has 0 spiro atoms. The summed E-state index contributed by atoms with van der Waals surface area (Å²) in [5, 5.41) is 4.64. The van der Waals surface area contributed by atoms with E-state index in [4.69, 9.17) is 0 Å². The number of halogens is 1. The van der Waals surface area contributed by atoms with Crippen LogP contribution >= 0.6 is 27.3 Å². The molecule has 0 saturated heterocycles. The Kier molecular flexibility index (Phi) is 5.13. The number of aryl methyl sites for hydroxylation is 1. The molecule has 2 aromatic rings. The minimum absolute atomic E-state index is 0.509. The Bertz CT molecular complexity index is 549. The van der Waals surface area contributed by atoms with Crippen molar-refractivity contribution in [3.8, 4) is 0 Å². The second-order valence-electron chi connectivity index (χ2n) is 4.96. The Morgan fingerprint density at radius 3 is 2.84 bits per heavy atom. The highest BCUT2D eigenvalue weighted by Gasteiger charge is 2.08. The van der Waals surface area contributed by atoms with E-state index in [2.05, 4.69) is 71.3 Å². The van der Waals surface area contributed by atoms with Crippen molar-refractivity contribution in [3.63, 3.8) is 0 Å². The van der Waals surface area contributed by atoms with Crippen LogP contribution in [0.2, 0.25) is 0 Å². The summed E-state index contributed by atoms with van der Waals surface area (Å²) in [6.45, 7) is 7.34. The Morgan fingerprint density at radius 1 is 1.37 bits per heavy atom. The average Bonchev–Trinajstić information content (AvgIpc) is 2.67. The van der Waals surface area contributed by atoms with Crippen LogP contribution in [0, 0.1) is 6.92 Å². The number of benzene rings is 1. The second-order valence-corrected chi connectivity index (χ2v) is 7.04. The molecule has 0 aliphatic carbocycles. The number of nitrogens with zero attached hydrogens (tertiary/aromatic N) is 1. The lowest BCUT2D eigenvalue weighted by molar-refractivity contribution is 0.591. The first-order valence-corrected chi connectivity index (χ1v) is 8.08. The van der Waals surface area contributed by atoms with E-state index in [1.165, 1.54) is 15.4 Å². The predicted octanol–water partition coefficient (Wildman–Crippen LogP) is 4.30.